The lowest BCUT2D eigenvalue weighted by Crippen LogP contribution is -1.94. The summed E-state index contributed by atoms with van der Waals surface area (Å²) in [6.45, 7) is 0. The third kappa shape index (κ3) is 4.84. The van der Waals surface area contributed by atoms with Gasteiger partial charge in [-0.1, -0.05) is 66.7 Å². The van der Waals surface area contributed by atoms with Crippen molar-refractivity contribution >= 4 is 29.2 Å². The van der Waals surface area contributed by atoms with Crippen LogP contribution in [0.25, 0.3) is 34.7 Å². The van der Waals surface area contributed by atoms with Crippen LogP contribution < -0.4 is 0 Å². The molecule has 1 N–H and O–H groups in total. The third-order valence-corrected chi connectivity index (χ3v) is 5.00. The molecule has 0 aliphatic heterocycles. The van der Waals surface area contributed by atoms with Gasteiger partial charge in [-0.2, -0.15) is 0 Å². The fourth-order valence-corrected chi connectivity index (χ4v) is 3.44. The molecule has 1 aromatic heterocycles. The number of oxazole rings is 1. The van der Waals surface area contributed by atoms with Crippen LogP contribution in [0.15, 0.2) is 77.2 Å². The number of aryl methyl sites for hydroxylation is 1. The van der Waals surface area contributed by atoms with E-state index in [0.29, 0.717) is 12.3 Å². The Morgan fingerprint density at radius 3 is 2.57 bits per heavy atom. The van der Waals surface area contributed by atoms with E-state index in [2.05, 4.69) is 30.4 Å². The predicted molar refractivity (Wildman–Crippen MR) is 120 cm³/mol. The minimum atomic E-state index is -0.744. The molecule has 0 saturated heterocycles. The van der Waals surface area contributed by atoms with Crippen LogP contribution in [0.2, 0.25) is 0 Å². The van der Waals surface area contributed by atoms with E-state index in [1.54, 1.807) is 0 Å². The van der Waals surface area contributed by atoms with E-state index in [9.17, 15) is 4.79 Å². The molecule has 3 aromatic carbocycles. The minimum Gasteiger partial charge on any atom is -0.481 e. The Hall–Kier alpha value is -3.66. The summed E-state index contributed by atoms with van der Waals surface area (Å²) < 4.78 is 6.04. The highest BCUT2D eigenvalue weighted by Crippen LogP contribution is 2.29. The average molecular weight is 397 g/mol. The van der Waals surface area contributed by atoms with Gasteiger partial charge in [0.2, 0.25) is 5.89 Å². The zero-order chi connectivity index (χ0) is 20.8. The fraction of sp³-hybridized carbons (Fsp3) is 0.154. The van der Waals surface area contributed by atoms with Gasteiger partial charge < -0.3 is 9.52 Å². The Labute approximate surface area is 175 Å². The lowest BCUT2D eigenvalue weighted by molar-refractivity contribution is -0.137. The Bertz CT molecular complexity index is 1180. The number of nitrogens with zero attached hydrogens (tertiary/aromatic N) is 1. The number of carboxylic acids is 1. The van der Waals surface area contributed by atoms with Gasteiger partial charge in [0.05, 0.1) is 0 Å². The quantitative estimate of drug-likeness (QED) is 0.274. The zero-order valence-corrected chi connectivity index (χ0v) is 16.6. The van der Waals surface area contributed by atoms with Gasteiger partial charge in [-0.15, -0.1) is 0 Å². The molecule has 150 valence electrons. The number of hydrogen-bond acceptors (Lipinski definition) is 3. The van der Waals surface area contributed by atoms with Crippen LogP contribution in [0.5, 0.6) is 0 Å². The maximum absolute atomic E-state index is 10.7. The molecule has 0 atom stereocenters. The molecule has 0 bridgehead atoms. The summed E-state index contributed by atoms with van der Waals surface area (Å²) in [5, 5.41) is 8.76. The second-order valence-corrected chi connectivity index (χ2v) is 7.25. The average Bonchev–Trinajstić information content (AvgIpc) is 3.19. The molecule has 4 heteroatoms. The van der Waals surface area contributed by atoms with Gasteiger partial charge in [0.1, 0.15) is 5.52 Å². The van der Waals surface area contributed by atoms with E-state index in [4.69, 9.17) is 14.5 Å². The third-order valence-electron chi connectivity index (χ3n) is 5.00. The fourth-order valence-electron chi connectivity index (χ4n) is 3.44. The topological polar surface area (TPSA) is 63.3 Å². The maximum Gasteiger partial charge on any atom is 0.303 e. The number of rotatable bonds is 8. The molecule has 30 heavy (non-hydrogen) atoms. The molecule has 0 saturated carbocycles. The second-order valence-electron chi connectivity index (χ2n) is 7.25. The lowest BCUT2D eigenvalue weighted by atomic mass is 10.1. The number of aliphatic carboxylic acids is 1. The van der Waals surface area contributed by atoms with Crippen molar-refractivity contribution in [2.45, 2.75) is 25.7 Å². The predicted octanol–water partition coefficient (Wildman–Crippen LogP) is 6.46. The van der Waals surface area contributed by atoms with Crippen molar-refractivity contribution < 1.29 is 14.3 Å². The van der Waals surface area contributed by atoms with Crippen molar-refractivity contribution in [3.63, 3.8) is 0 Å². The number of aromatic nitrogens is 1. The van der Waals surface area contributed by atoms with E-state index in [1.165, 1.54) is 0 Å². The van der Waals surface area contributed by atoms with Crippen LogP contribution in [-0.4, -0.2) is 16.1 Å². The van der Waals surface area contributed by atoms with E-state index in [1.807, 2.05) is 54.6 Å². The highest BCUT2D eigenvalue weighted by Gasteiger charge is 2.11. The summed E-state index contributed by atoms with van der Waals surface area (Å²) in [6, 6.07) is 24.2. The first-order chi connectivity index (χ1) is 14.7. The van der Waals surface area contributed by atoms with Gasteiger partial charge in [0.15, 0.2) is 5.58 Å². The van der Waals surface area contributed by atoms with Gasteiger partial charge in [-0.05, 0) is 54.2 Å². The number of unbranched alkanes of at least 4 members (excludes halogenated alkanes) is 1. The van der Waals surface area contributed by atoms with Crippen molar-refractivity contribution in [1.82, 2.24) is 4.98 Å². The molecular formula is C26H23NO3. The lowest BCUT2D eigenvalue weighted by Gasteiger charge is -2.01. The number of hydrogen-bond donors (Lipinski definition) is 1. The minimum absolute atomic E-state index is 0.212. The number of carboxylic acid groups (broad SMARTS) is 1. The van der Waals surface area contributed by atoms with Crippen molar-refractivity contribution in [2.75, 3.05) is 0 Å². The molecule has 0 spiro atoms. The van der Waals surface area contributed by atoms with Gasteiger partial charge in [-0.3, -0.25) is 4.79 Å². The van der Waals surface area contributed by atoms with Crippen molar-refractivity contribution in [3.8, 4) is 11.5 Å². The standard InChI is InChI=1S/C26H23NO3/c28-25(29)13-7-4-10-20-15-17-24-23(18-20)27-26(30-24)22-12-6-5-11-21(22)16-14-19-8-2-1-3-9-19/h1-3,5-6,8-9,11-12,14-18H,4,7,10,13H2,(H,28,29). The SMILES string of the molecule is O=C(O)CCCCc1ccc2oc(-c3ccccc3C=Cc3ccccc3)nc2c1. The largest absolute Gasteiger partial charge is 0.481 e. The zero-order valence-electron chi connectivity index (χ0n) is 16.6. The van der Waals surface area contributed by atoms with E-state index < -0.39 is 5.97 Å². The van der Waals surface area contributed by atoms with Crippen molar-refractivity contribution in [2.24, 2.45) is 0 Å². The van der Waals surface area contributed by atoms with Gasteiger partial charge in [0.25, 0.3) is 0 Å². The molecule has 0 radical (unpaired) electrons. The van der Waals surface area contributed by atoms with Crippen LogP contribution in [0.3, 0.4) is 0 Å². The van der Waals surface area contributed by atoms with E-state index in [0.717, 1.165) is 46.2 Å². The summed E-state index contributed by atoms with van der Waals surface area (Å²) in [7, 11) is 0. The van der Waals surface area contributed by atoms with Crippen LogP contribution >= 0.6 is 0 Å². The van der Waals surface area contributed by atoms with Crippen molar-refractivity contribution in [3.05, 3.63) is 89.5 Å². The summed E-state index contributed by atoms with van der Waals surface area (Å²) in [5.74, 6) is -0.145. The van der Waals surface area contributed by atoms with E-state index in [-0.39, 0.29) is 6.42 Å². The maximum atomic E-state index is 10.7. The number of fused-ring (bicyclic) bond motifs is 1. The molecule has 0 amide bonds. The molecule has 0 aliphatic carbocycles. The van der Waals surface area contributed by atoms with Crippen molar-refractivity contribution in [1.29, 1.82) is 0 Å². The molecule has 1 heterocycles. The Balaban J connectivity index is 1.56. The van der Waals surface area contributed by atoms with Gasteiger partial charge >= 0.3 is 5.97 Å². The number of carbonyl (C=O) groups is 1. The molecule has 4 rings (SSSR count). The normalized spacial score (nSPS) is 11.3. The molecular weight excluding hydrogens is 374 g/mol. The highest BCUT2D eigenvalue weighted by molar-refractivity contribution is 5.82. The first-order valence-corrected chi connectivity index (χ1v) is 10.1. The molecule has 4 nitrogen and oxygen atoms in total. The first kappa shape index (κ1) is 19.6. The number of benzene rings is 3. The van der Waals surface area contributed by atoms with Crippen LogP contribution in [0.4, 0.5) is 0 Å². The summed E-state index contributed by atoms with van der Waals surface area (Å²) in [4.78, 5) is 15.4. The molecule has 0 unspecified atom stereocenters. The van der Waals surface area contributed by atoms with Crippen LogP contribution in [0, 0.1) is 0 Å². The Kier molecular flexibility index (Phi) is 6.04. The van der Waals surface area contributed by atoms with Crippen LogP contribution in [0.1, 0.15) is 36.0 Å². The Morgan fingerprint density at radius 2 is 1.73 bits per heavy atom. The molecule has 0 aliphatic rings. The van der Waals surface area contributed by atoms with E-state index >= 15 is 0 Å². The van der Waals surface area contributed by atoms with Gasteiger partial charge in [-0.25, -0.2) is 4.98 Å². The summed E-state index contributed by atoms with van der Waals surface area (Å²) >= 11 is 0. The Morgan fingerprint density at radius 1 is 0.933 bits per heavy atom. The first-order valence-electron chi connectivity index (χ1n) is 10.1. The second kappa shape index (κ2) is 9.23. The molecule has 0 fully saturated rings. The smallest absolute Gasteiger partial charge is 0.303 e. The van der Waals surface area contributed by atoms with Gasteiger partial charge in [0, 0.05) is 12.0 Å². The van der Waals surface area contributed by atoms with Crippen LogP contribution in [-0.2, 0) is 11.2 Å². The highest BCUT2D eigenvalue weighted by atomic mass is 16.4. The summed E-state index contributed by atoms with van der Waals surface area (Å²) in [6.07, 6.45) is 6.73. The summed E-state index contributed by atoms with van der Waals surface area (Å²) in [5.41, 5.74) is 5.84. The molecule has 4 aromatic rings. The monoisotopic (exact) mass is 397 g/mol.